The lowest BCUT2D eigenvalue weighted by atomic mass is 10.3. The molecule has 0 spiro atoms. The Morgan fingerprint density at radius 3 is 2.38 bits per heavy atom. The first-order valence-corrected chi connectivity index (χ1v) is 11.3. The third-order valence-corrected chi connectivity index (χ3v) is 5.66. The first kappa shape index (κ1) is 20.6. The van der Waals surface area contributed by atoms with Gasteiger partial charge in [-0.15, -0.1) is 11.3 Å². The topological polar surface area (TPSA) is 88.1 Å². The first-order valence-electron chi connectivity index (χ1n) is 8.58. The van der Waals surface area contributed by atoms with Gasteiger partial charge in [0.2, 0.25) is 10.0 Å². The standard InChI is InChI=1S/C20H19N3O4S2/c1-29(25,26)23(15-20(24)22-21-14-19-8-5-13-28-19)16-9-11-18(12-10-16)27-17-6-3-2-4-7-17/h2-14H,15H2,1H3,(H,22,24)/b21-14+. The fourth-order valence-corrected chi connectivity index (χ4v) is 3.84. The third-order valence-electron chi connectivity index (χ3n) is 3.72. The molecular formula is C20H19N3O4S2. The SMILES string of the molecule is CS(=O)(=O)N(CC(=O)N/N=C/c1cccs1)c1ccc(Oc2ccccc2)cc1. The van der Waals surface area contributed by atoms with E-state index in [1.54, 1.807) is 24.3 Å². The summed E-state index contributed by atoms with van der Waals surface area (Å²) < 4.78 is 31.1. The Bertz CT molecular complexity index is 1060. The zero-order chi connectivity index (χ0) is 20.7. The van der Waals surface area contributed by atoms with Gasteiger partial charge >= 0.3 is 0 Å². The summed E-state index contributed by atoms with van der Waals surface area (Å²) in [4.78, 5) is 13.0. The predicted octanol–water partition coefficient (Wildman–Crippen LogP) is 3.46. The number of nitrogens with zero attached hydrogens (tertiary/aromatic N) is 2. The van der Waals surface area contributed by atoms with Crippen molar-refractivity contribution in [2.75, 3.05) is 17.1 Å². The average Bonchev–Trinajstić information content (AvgIpc) is 3.20. The molecule has 1 amide bonds. The normalized spacial score (nSPS) is 11.3. The molecule has 2 aromatic carbocycles. The van der Waals surface area contributed by atoms with Crippen LogP contribution in [0.15, 0.2) is 77.2 Å². The van der Waals surface area contributed by atoms with Crippen molar-refractivity contribution in [2.45, 2.75) is 0 Å². The van der Waals surface area contributed by atoms with Gasteiger partial charge in [-0.3, -0.25) is 9.10 Å². The molecule has 0 aliphatic heterocycles. The summed E-state index contributed by atoms with van der Waals surface area (Å²) in [7, 11) is -3.67. The Labute approximate surface area is 173 Å². The van der Waals surface area contributed by atoms with Crippen LogP contribution in [0, 0.1) is 0 Å². The average molecular weight is 430 g/mol. The van der Waals surface area contributed by atoms with Crippen molar-refractivity contribution in [3.05, 3.63) is 77.0 Å². The second kappa shape index (κ2) is 9.35. The molecule has 0 aliphatic rings. The van der Waals surface area contributed by atoms with E-state index < -0.39 is 15.9 Å². The molecule has 0 aliphatic carbocycles. The van der Waals surface area contributed by atoms with Gasteiger partial charge in [0.15, 0.2) is 0 Å². The van der Waals surface area contributed by atoms with E-state index in [9.17, 15) is 13.2 Å². The van der Waals surface area contributed by atoms with E-state index in [0.717, 1.165) is 15.4 Å². The van der Waals surface area contributed by atoms with Crippen molar-refractivity contribution >= 4 is 39.2 Å². The van der Waals surface area contributed by atoms with E-state index in [-0.39, 0.29) is 6.54 Å². The molecule has 0 fully saturated rings. The summed E-state index contributed by atoms with van der Waals surface area (Å²) >= 11 is 1.47. The molecule has 7 nitrogen and oxygen atoms in total. The lowest BCUT2D eigenvalue weighted by Gasteiger charge is -2.21. The van der Waals surface area contributed by atoms with Gasteiger partial charge in [-0.25, -0.2) is 13.8 Å². The number of sulfonamides is 1. The Kier molecular flexibility index (Phi) is 6.63. The molecule has 1 N–H and O–H groups in total. The second-order valence-corrected chi connectivity index (χ2v) is 8.87. The lowest BCUT2D eigenvalue weighted by molar-refractivity contribution is -0.119. The van der Waals surface area contributed by atoms with Crippen LogP contribution in [0.4, 0.5) is 5.69 Å². The number of anilines is 1. The molecule has 0 saturated heterocycles. The molecule has 29 heavy (non-hydrogen) atoms. The van der Waals surface area contributed by atoms with E-state index in [1.165, 1.54) is 17.6 Å². The summed E-state index contributed by atoms with van der Waals surface area (Å²) in [5, 5.41) is 5.74. The Morgan fingerprint density at radius 1 is 1.07 bits per heavy atom. The van der Waals surface area contributed by atoms with Crippen LogP contribution < -0.4 is 14.5 Å². The Balaban J connectivity index is 1.67. The summed E-state index contributed by atoms with van der Waals surface area (Å²) in [6.45, 7) is -0.389. The molecule has 0 bridgehead atoms. The highest BCUT2D eigenvalue weighted by molar-refractivity contribution is 7.92. The van der Waals surface area contributed by atoms with Crippen LogP contribution in [0.25, 0.3) is 0 Å². The number of hydrogen-bond donors (Lipinski definition) is 1. The van der Waals surface area contributed by atoms with Crippen LogP contribution in [-0.2, 0) is 14.8 Å². The van der Waals surface area contributed by atoms with Crippen LogP contribution in [0.3, 0.4) is 0 Å². The number of carbonyl (C=O) groups is 1. The zero-order valence-corrected chi connectivity index (χ0v) is 17.2. The third kappa shape index (κ3) is 6.16. The van der Waals surface area contributed by atoms with Gasteiger partial charge in [0, 0.05) is 4.88 Å². The molecule has 0 atom stereocenters. The van der Waals surface area contributed by atoms with E-state index in [4.69, 9.17) is 4.74 Å². The van der Waals surface area contributed by atoms with Crippen molar-refractivity contribution in [1.82, 2.24) is 5.43 Å². The lowest BCUT2D eigenvalue weighted by Crippen LogP contribution is -2.38. The van der Waals surface area contributed by atoms with Gasteiger partial charge in [0.05, 0.1) is 18.2 Å². The van der Waals surface area contributed by atoms with Gasteiger partial charge < -0.3 is 4.74 Å². The van der Waals surface area contributed by atoms with Crippen LogP contribution in [-0.4, -0.2) is 33.3 Å². The highest BCUT2D eigenvalue weighted by Crippen LogP contribution is 2.25. The van der Waals surface area contributed by atoms with Crippen molar-refractivity contribution < 1.29 is 17.9 Å². The predicted molar refractivity (Wildman–Crippen MR) is 115 cm³/mol. The monoisotopic (exact) mass is 429 g/mol. The van der Waals surface area contributed by atoms with E-state index in [2.05, 4.69) is 10.5 Å². The fourth-order valence-electron chi connectivity index (χ4n) is 2.40. The number of benzene rings is 2. The largest absolute Gasteiger partial charge is 0.457 e. The summed E-state index contributed by atoms with van der Waals surface area (Å²) in [6, 6.07) is 19.4. The maximum absolute atomic E-state index is 12.2. The number of para-hydroxylation sites is 1. The highest BCUT2D eigenvalue weighted by atomic mass is 32.2. The molecular weight excluding hydrogens is 410 g/mol. The first-order chi connectivity index (χ1) is 13.9. The molecule has 3 rings (SSSR count). The maximum Gasteiger partial charge on any atom is 0.260 e. The summed E-state index contributed by atoms with van der Waals surface area (Å²) in [6.07, 6.45) is 2.55. The van der Waals surface area contributed by atoms with Crippen molar-refractivity contribution in [3.8, 4) is 11.5 Å². The van der Waals surface area contributed by atoms with Crippen LogP contribution in [0.1, 0.15) is 4.88 Å². The van der Waals surface area contributed by atoms with Crippen molar-refractivity contribution in [2.24, 2.45) is 5.10 Å². The van der Waals surface area contributed by atoms with Crippen molar-refractivity contribution in [3.63, 3.8) is 0 Å². The minimum atomic E-state index is -3.67. The smallest absolute Gasteiger partial charge is 0.260 e. The second-order valence-electron chi connectivity index (χ2n) is 5.99. The van der Waals surface area contributed by atoms with Crippen LogP contribution >= 0.6 is 11.3 Å². The van der Waals surface area contributed by atoms with E-state index in [0.29, 0.717) is 17.2 Å². The number of amides is 1. The molecule has 1 heterocycles. The van der Waals surface area contributed by atoms with Gasteiger partial charge in [0.25, 0.3) is 5.91 Å². The fraction of sp³-hybridized carbons (Fsp3) is 0.100. The number of ether oxygens (including phenoxy) is 1. The number of rotatable bonds is 8. The van der Waals surface area contributed by atoms with Gasteiger partial charge in [0.1, 0.15) is 18.0 Å². The van der Waals surface area contributed by atoms with Crippen LogP contribution in [0.5, 0.6) is 11.5 Å². The molecule has 9 heteroatoms. The van der Waals surface area contributed by atoms with Crippen LogP contribution in [0.2, 0.25) is 0 Å². The number of hydrogen-bond acceptors (Lipinski definition) is 6. The number of nitrogens with one attached hydrogen (secondary N) is 1. The number of thiophene rings is 1. The van der Waals surface area contributed by atoms with Gasteiger partial charge in [-0.2, -0.15) is 5.10 Å². The summed E-state index contributed by atoms with van der Waals surface area (Å²) in [5.74, 6) is 0.675. The maximum atomic E-state index is 12.2. The molecule has 0 unspecified atom stereocenters. The quantitative estimate of drug-likeness (QED) is 0.439. The highest BCUT2D eigenvalue weighted by Gasteiger charge is 2.20. The van der Waals surface area contributed by atoms with Gasteiger partial charge in [-0.1, -0.05) is 24.3 Å². The van der Waals surface area contributed by atoms with E-state index >= 15 is 0 Å². The van der Waals surface area contributed by atoms with Gasteiger partial charge in [-0.05, 0) is 47.8 Å². The minimum absolute atomic E-state index is 0.352. The Morgan fingerprint density at radius 2 is 1.76 bits per heavy atom. The van der Waals surface area contributed by atoms with E-state index in [1.807, 2.05) is 47.8 Å². The molecule has 3 aromatic rings. The molecule has 150 valence electrons. The molecule has 0 radical (unpaired) electrons. The number of hydrazone groups is 1. The molecule has 1 aromatic heterocycles. The molecule has 0 saturated carbocycles. The Hall–Kier alpha value is -3.17. The van der Waals surface area contributed by atoms with Crippen molar-refractivity contribution in [1.29, 1.82) is 0 Å². The zero-order valence-electron chi connectivity index (χ0n) is 15.6. The summed E-state index contributed by atoms with van der Waals surface area (Å²) in [5.41, 5.74) is 2.70. The minimum Gasteiger partial charge on any atom is -0.457 e. The number of carbonyl (C=O) groups excluding carboxylic acids is 1.